The first-order chi connectivity index (χ1) is 12.7. The highest BCUT2D eigenvalue weighted by Gasteiger charge is 2.24. The standard InChI is InChI=1S/C19H25N5O2/c1-22(14-16-4-6-17(26-2)7-5-16)15-18(25)23-10-12-24(13-11-23)19-20-8-3-9-21-19/h3-9H,10-15H2,1-2H3/p+1. The zero-order chi connectivity index (χ0) is 18.4. The lowest BCUT2D eigenvalue weighted by Gasteiger charge is -2.34. The fourth-order valence-corrected chi connectivity index (χ4v) is 3.13. The van der Waals surface area contributed by atoms with Gasteiger partial charge in [0.2, 0.25) is 5.95 Å². The van der Waals surface area contributed by atoms with Gasteiger partial charge in [0, 0.05) is 44.1 Å². The predicted molar refractivity (Wildman–Crippen MR) is 99.3 cm³/mol. The molecule has 7 nitrogen and oxygen atoms in total. The van der Waals surface area contributed by atoms with Crippen molar-refractivity contribution in [3.63, 3.8) is 0 Å². The molecule has 138 valence electrons. The van der Waals surface area contributed by atoms with Crippen LogP contribution in [0.3, 0.4) is 0 Å². The zero-order valence-corrected chi connectivity index (χ0v) is 15.4. The number of likely N-dealkylation sites (N-methyl/N-ethyl adjacent to an activating group) is 1. The van der Waals surface area contributed by atoms with Crippen molar-refractivity contribution in [2.24, 2.45) is 0 Å². The summed E-state index contributed by atoms with van der Waals surface area (Å²) in [6.07, 6.45) is 3.49. The van der Waals surface area contributed by atoms with Crippen molar-refractivity contribution in [2.75, 3.05) is 51.8 Å². The summed E-state index contributed by atoms with van der Waals surface area (Å²) < 4.78 is 5.18. The minimum absolute atomic E-state index is 0.199. The van der Waals surface area contributed by atoms with Gasteiger partial charge in [-0.1, -0.05) is 0 Å². The first-order valence-electron chi connectivity index (χ1n) is 8.89. The van der Waals surface area contributed by atoms with Crippen molar-refractivity contribution in [1.29, 1.82) is 0 Å². The van der Waals surface area contributed by atoms with E-state index in [0.29, 0.717) is 19.6 Å². The Morgan fingerprint density at radius 3 is 2.38 bits per heavy atom. The molecule has 1 N–H and O–H groups in total. The van der Waals surface area contributed by atoms with Crippen molar-refractivity contribution in [3.05, 3.63) is 48.3 Å². The lowest BCUT2D eigenvalue weighted by atomic mass is 10.2. The molecule has 1 fully saturated rings. The molecule has 0 saturated carbocycles. The number of ether oxygens (including phenoxy) is 1. The third-order valence-corrected chi connectivity index (χ3v) is 4.59. The van der Waals surface area contributed by atoms with Gasteiger partial charge in [0.25, 0.3) is 5.91 Å². The Labute approximate surface area is 154 Å². The maximum Gasteiger partial charge on any atom is 0.277 e. The van der Waals surface area contributed by atoms with Gasteiger partial charge in [-0.2, -0.15) is 0 Å². The van der Waals surface area contributed by atoms with Gasteiger partial charge in [-0.25, -0.2) is 9.97 Å². The monoisotopic (exact) mass is 356 g/mol. The Kier molecular flexibility index (Phi) is 6.01. The molecule has 1 amide bonds. The van der Waals surface area contributed by atoms with Crippen LogP contribution in [0.4, 0.5) is 5.95 Å². The highest BCUT2D eigenvalue weighted by atomic mass is 16.5. The number of piperazine rings is 1. The molecule has 1 unspecified atom stereocenters. The van der Waals surface area contributed by atoms with Crippen molar-refractivity contribution in [3.8, 4) is 5.75 Å². The van der Waals surface area contributed by atoms with E-state index >= 15 is 0 Å². The number of methoxy groups -OCH3 is 1. The average molecular weight is 356 g/mol. The summed E-state index contributed by atoms with van der Waals surface area (Å²) in [6.45, 7) is 4.28. The van der Waals surface area contributed by atoms with E-state index in [1.54, 1.807) is 19.5 Å². The van der Waals surface area contributed by atoms with Crippen LogP contribution in [-0.4, -0.2) is 67.7 Å². The summed E-state index contributed by atoms with van der Waals surface area (Å²) in [7, 11) is 3.71. The third kappa shape index (κ3) is 4.70. The van der Waals surface area contributed by atoms with Crippen molar-refractivity contribution in [2.45, 2.75) is 6.54 Å². The lowest BCUT2D eigenvalue weighted by molar-refractivity contribution is -0.885. The van der Waals surface area contributed by atoms with Crippen molar-refractivity contribution in [1.82, 2.24) is 14.9 Å². The summed E-state index contributed by atoms with van der Waals surface area (Å²) in [5, 5.41) is 0. The van der Waals surface area contributed by atoms with Gasteiger partial charge < -0.3 is 19.4 Å². The average Bonchev–Trinajstić information content (AvgIpc) is 2.69. The topological polar surface area (TPSA) is 63.0 Å². The van der Waals surface area contributed by atoms with Crippen LogP contribution in [0.5, 0.6) is 5.75 Å². The molecule has 0 bridgehead atoms. The number of nitrogens with zero attached hydrogens (tertiary/aromatic N) is 4. The fourth-order valence-electron chi connectivity index (χ4n) is 3.13. The summed E-state index contributed by atoms with van der Waals surface area (Å²) in [5.74, 6) is 1.79. The van der Waals surface area contributed by atoms with E-state index in [9.17, 15) is 4.79 Å². The van der Waals surface area contributed by atoms with E-state index in [-0.39, 0.29) is 5.91 Å². The molecule has 0 aliphatic carbocycles. The molecular formula is C19H26N5O2+. The summed E-state index contributed by atoms with van der Waals surface area (Å²) in [6, 6.07) is 9.81. The maximum absolute atomic E-state index is 12.6. The summed E-state index contributed by atoms with van der Waals surface area (Å²) in [5.41, 5.74) is 1.20. The van der Waals surface area contributed by atoms with E-state index in [2.05, 4.69) is 21.9 Å². The number of carbonyl (C=O) groups excluding carboxylic acids is 1. The first kappa shape index (κ1) is 18.1. The van der Waals surface area contributed by atoms with E-state index in [1.165, 1.54) is 10.5 Å². The molecular weight excluding hydrogens is 330 g/mol. The second-order valence-electron chi connectivity index (χ2n) is 6.58. The number of benzene rings is 1. The molecule has 1 saturated heterocycles. The zero-order valence-electron chi connectivity index (χ0n) is 15.4. The number of hydrogen-bond acceptors (Lipinski definition) is 5. The Hall–Kier alpha value is -2.67. The minimum Gasteiger partial charge on any atom is -0.497 e. The van der Waals surface area contributed by atoms with Crippen LogP contribution in [0.25, 0.3) is 0 Å². The first-order valence-corrected chi connectivity index (χ1v) is 8.89. The molecule has 0 spiro atoms. The van der Waals surface area contributed by atoms with Gasteiger partial charge in [0.05, 0.1) is 14.2 Å². The van der Waals surface area contributed by atoms with Gasteiger partial charge in [0.15, 0.2) is 6.54 Å². The number of carbonyl (C=O) groups is 1. The van der Waals surface area contributed by atoms with Crippen LogP contribution in [0.1, 0.15) is 5.56 Å². The number of nitrogens with one attached hydrogen (secondary N) is 1. The van der Waals surface area contributed by atoms with Gasteiger partial charge in [0.1, 0.15) is 12.3 Å². The molecule has 7 heteroatoms. The fraction of sp³-hybridized carbons (Fsp3) is 0.421. The number of anilines is 1. The maximum atomic E-state index is 12.6. The van der Waals surface area contributed by atoms with Crippen LogP contribution in [0, 0.1) is 0 Å². The lowest BCUT2D eigenvalue weighted by Crippen LogP contribution is -3.09. The largest absolute Gasteiger partial charge is 0.497 e. The van der Waals surface area contributed by atoms with E-state index in [0.717, 1.165) is 31.3 Å². The van der Waals surface area contributed by atoms with Crippen molar-refractivity contribution >= 4 is 11.9 Å². The van der Waals surface area contributed by atoms with E-state index in [4.69, 9.17) is 4.74 Å². The molecule has 1 aliphatic rings. The number of hydrogen-bond donors (Lipinski definition) is 1. The van der Waals surface area contributed by atoms with Gasteiger partial charge in [-0.3, -0.25) is 4.79 Å². The normalized spacial score (nSPS) is 15.6. The van der Waals surface area contributed by atoms with Gasteiger partial charge in [-0.15, -0.1) is 0 Å². The summed E-state index contributed by atoms with van der Waals surface area (Å²) in [4.78, 5) is 26.4. The predicted octanol–water partition coefficient (Wildman–Crippen LogP) is -0.151. The van der Waals surface area contributed by atoms with Gasteiger partial charge >= 0.3 is 0 Å². The van der Waals surface area contributed by atoms with E-state index in [1.807, 2.05) is 35.2 Å². The SMILES string of the molecule is COc1ccc(C[NH+](C)CC(=O)N2CCN(c3ncccn3)CC2)cc1. The van der Waals surface area contributed by atoms with Crippen LogP contribution in [0.2, 0.25) is 0 Å². The van der Waals surface area contributed by atoms with Crippen molar-refractivity contribution < 1.29 is 14.4 Å². The molecule has 2 aromatic rings. The Morgan fingerprint density at radius 2 is 1.77 bits per heavy atom. The number of quaternary nitrogens is 1. The van der Waals surface area contributed by atoms with Crippen LogP contribution in [0.15, 0.2) is 42.7 Å². The smallest absolute Gasteiger partial charge is 0.277 e. The number of rotatable bonds is 6. The van der Waals surface area contributed by atoms with E-state index < -0.39 is 0 Å². The highest BCUT2D eigenvalue weighted by molar-refractivity contribution is 5.77. The van der Waals surface area contributed by atoms with Crippen LogP contribution < -0.4 is 14.5 Å². The molecule has 1 aromatic carbocycles. The Morgan fingerprint density at radius 1 is 1.12 bits per heavy atom. The highest BCUT2D eigenvalue weighted by Crippen LogP contribution is 2.11. The van der Waals surface area contributed by atoms with Crippen LogP contribution in [-0.2, 0) is 11.3 Å². The quantitative estimate of drug-likeness (QED) is 0.780. The second-order valence-corrected chi connectivity index (χ2v) is 6.58. The molecule has 0 radical (unpaired) electrons. The minimum atomic E-state index is 0.199. The molecule has 1 aromatic heterocycles. The number of aromatic nitrogens is 2. The molecule has 2 heterocycles. The molecule has 1 atom stereocenters. The molecule has 26 heavy (non-hydrogen) atoms. The summed E-state index contributed by atoms with van der Waals surface area (Å²) >= 11 is 0. The Balaban J connectivity index is 1.46. The Bertz CT molecular complexity index is 700. The molecule has 3 rings (SSSR count). The van der Waals surface area contributed by atoms with Gasteiger partial charge in [-0.05, 0) is 30.3 Å². The molecule has 1 aliphatic heterocycles. The van der Waals surface area contributed by atoms with Crippen LogP contribution >= 0.6 is 0 Å². The second kappa shape index (κ2) is 8.62. The number of amides is 1. The third-order valence-electron chi connectivity index (χ3n) is 4.59.